The van der Waals surface area contributed by atoms with Crippen LogP contribution in [0.5, 0.6) is 5.75 Å². The molecule has 5 heteroatoms. The number of hydrogen-bond donors (Lipinski definition) is 2. The number of carboxylic acids is 1. The predicted molar refractivity (Wildman–Crippen MR) is 79.9 cm³/mol. The molecule has 0 aliphatic heterocycles. The number of rotatable bonds is 7. The first-order valence-corrected chi connectivity index (χ1v) is 7.01. The fourth-order valence-corrected chi connectivity index (χ4v) is 1.94. The molecule has 1 unspecified atom stereocenters. The molecule has 0 spiro atoms. The van der Waals surface area contributed by atoms with E-state index in [2.05, 4.69) is 26.1 Å². The molecule has 0 fully saturated rings. The predicted octanol–water partition coefficient (Wildman–Crippen LogP) is 3.20. The second-order valence-electron chi connectivity index (χ2n) is 6.33. The molecule has 0 amide bonds. The van der Waals surface area contributed by atoms with Gasteiger partial charge in [0.2, 0.25) is 0 Å². The molecule has 21 heavy (non-hydrogen) atoms. The van der Waals surface area contributed by atoms with Gasteiger partial charge in [-0.15, -0.1) is 0 Å². The van der Waals surface area contributed by atoms with Gasteiger partial charge in [-0.2, -0.15) is 0 Å². The van der Waals surface area contributed by atoms with Crippen molar-refractivity contribution in [3.8, 4) is 5.75 Å². The second kappa shape index (κ2) is 7.41. The van der Waals surface area contributed by atoms with Gasteiger partial charge in [-0.25, -0.2) is 4.39 Å². The van der Waals surface area contributed by atoms with E-state index in [1.54, 1.807) is 6.07 Å². The molecule has 1 atom stereocenters. The number of ether oxygens (including phenoxy) is 1. The quantitative estimate of drug-likeness (QED) is 0.811. The van der Waals surface area contributed by atoms with Crippen LogP contribution in [0.15, 0.2) is 18.2 Å². The van der Waals surface area contributed by atoms with Crippen LogP contribution < -0.4 is 10.1 Å². The lowest BCUT2D eigenvalue weighted by Crippen LogP contribution is -2.37. The van der Waals surface area contributed by atoms with E-state index in [-0.39, 0.29) is 17.8 Å². The summed E-state index contributed by atoms with van der Waals surface area (Å²) in [6, 6.07) is 3.74. The fourth-order valence-electron chi connectivity index (χ4n) is 1.94. The number of halogens is 1. The minimum Gasteiger partial charge on any atom is -0.497 e. The molecule has 1 aromatic carbocycles. The number of methoxy groups -OCH3 is 1. The molecule has 0 aromatic heterocycles. The molecule has 0 saturated carbocycles. The maximum Gasteiger partial charge on any atom is 0.320 e. The van der Waals surface area contributed by atoms with Crippen molar-refractivity contribution in [1.82, 2.24) is 5.32 Å². The number of carbonyl (C=O) groups is 1. The van der Waals surface area contributed by atoms with Gasteiger partial charge in [-0.3, -0.25) is 4.79 Å². The number of nitrogens with one attached hydrogen (secondary N) is 1. The van der Waals surface area contributed by atoms with Crippen LogP contribution in [0, 0.1) is 11.2 Å². The van der Waals surface area contributed by atoms with Crippen LogP contribution in [0.2, 0.25) is 0 Å². The molecular weight excluding hydrogens is 273 g/mol. The van der Waals surface area contributed by atoms with Crippen molar-refractivity contribution in [2.24, 2.45) is 5.41 Å². The Bertz CT molecular complexity index is 483. The van der Waals surface area contributed by atoms with E-state index in [1.165, 1.54) is 19.2 Å². The molecule has 1 rings (SSSR count). The minimum atomic E-state index is -0.914. The van der Waals surface area contributed by atoms with Crippen molar-refractivity contribution in [3.05, 3.63) is 29.6 Å². The third-order valence-corrected chi connectivity index (χ3v) is 3.27. The van der Waals surface area contributed by atoms with Gasteiger partial charge in [0, 0.05) is 12.1 Å². The number of aliphatic carboxylic acids is 1. The molecule has 0 aliphatic rings. The third kappa shape index (κ3) is 6.12. The highest BCUT2D eigenvalue weighted by Gasteiger charge is 2.21. The average Bonchev–Trinajstić information content (AvgIpc) is 2.38. The molecule has 0 heterocycles. The van der Waals surface area contributed by atoms with Gasteiger partial charge in [-0.05, 0) is 36.5 Å². The highest BCUT2D eigenvalue weighted by atomic mass is 19.1. The Labute approximate surface area is 125 Å². The Morgan fingerprint density at radius 3 is 2.62 bits per heavy atom. The first kappa shape index (κ1) is 17.4. The Hall–Kier alpha value is -1.62. The zero-order chi connectivity index (χ0) is 16.0. The maximum absolute atomic E-state index is 13.7. The van der Waals surface area contributed by atoms with Crippen molar-refractivity contribution < 1.29 is 19.0 Å². The molecular formula is C16H24FNO3. The largest absolute Gasteiger partial charge is 0.497 e. The third-order valence-electron chi connectivity index (χ3n) is 3.27. The van der Waals surface area contributed by atoms with Crippen molar-refractivity contribution in [1.29, 1.82) is 0 Å². The average molecular weight is 297 g/mol. The maximum atomic E-state index is 13.7. The topological polar surface area (TPSA) is 58.6 Å². The second-order valence-corrected chi connectivity index (χ2v) is 6.33. The molecule has 0 aliphatic carbocycles. The smallest absolute Gasteiger partial charge is 0.320 e. The molecule has 118 valence electrons. The van der Waals surface area contributed by atoms with E-state index < -0.39 is 12.0 Å². The van der Waals surface area contributed by atoms with E-state index in [0.29, 0.717) is 17.7 Å². The highest BCUT2D eigenvalue weighted by Crippen LogP contribution is 2.22. The summed E-state index contributed by atoms with van der Waals surface area (Å²) in [5, 5.41) is 12.1. The monoisotopic (exact) mass is 297 g/mol. The fraction of sp³-hybridized carbons (Fsp3) is 0.562. The lowest BCUT2D eigenvalue weighted by Gasteiger charge is -2.21. The van der Waals surface area contributed by atoms with Crippen molar-refractivity contribution >= 4 is 5.97 Å². The van der Waals surface area contributed by atoms with Crippen LogP contribution in [-0.2, 0) is 11.3 Å². The number of hydrogen-bond acceptors (Lipinski definition) is 3. The summed E-state index contributed by atoms with van der Waals surface area (Å²) in [7, 11) is 1.51. The molecule has 4 nitrogen and oxygen atoms in total. The van der Waals surface area contributed by atoms with Gasteiger partial charge in [0.05, 0.1) is 7.11 Å². The molecule has 2 N–H and O–H groups in total. The van der Waals surface area contributed by atoms with Gasteiger partial charge in [0.25, 0.3) is 0 Å². The number of carboxylic acid groups (broad SMARTS) is 1. The van der Waals surface area contributed by atoms with E-state index in [9.17, 15) is 14.3 Å². The summed E-state index contributed by atoms with van der Waals surface area (Å²) in [5.74, 6) is -0.736. The first-order chi connectivity index (χ1) is 9.73. The van der Waals surface area contributed by atoms with Crippen molar-refractivity contribution in [2.45, 2.75) is 46.2 Å². The zero-order valence-electron chi connectivity index (χ0n) is 13.1. The molecule has 0 radical (unpaired) electrons. The van der Waals surface area contributed by atoms with E-state index in [0.717, 1.165) is 6.42 Å². The highest BCUT2D eigenvalue weighted by molar-refractivity contribution is 5.73. The van der Waals surface area contributed by atoms with Gasteiger partial charge < -0.3 is 15.2 Å². The Morgan fingerprint density at radius 1 is 1.43 bits per heavy atom. The summed E-state index contributed by atoms with van der Waals surface area (Å²) >= 11 is 0. The SMILES string of the molecule is COc1ccc(F)c(CNC(CCC(C)(C)C)C(=O)O)c1. The molecule has 1 aromatic rings. The summed E-state index contributed by atoms with van der Waals surface area (Å²) in [4.78, 5) is 11.3. The summed E-state index contributed by atoms with van der Waals surface area (Å²) in [6.45, 7) is 6.35. The standard InChI is InChI=1S/C16H24FNO3/c1-16(2,3)8-7-14(15(19)20)18-10-11-9-12(21-4)5-6-13(11)17/h5-6,9,14,18H,7-8,10H2,1-4H3,(H,19,20). The Morgan fingerprint density at radius 2 is 2.10 bits per heavy atom. The van der Waals surface area contributed by atoms with Gasteiger partial charge in [0.15, 0.2) is 0 Å². The van der Waals surface area contributed by atoms with Crippen LogP contribution in [0.3, 0.4) is 0 Å². The number of benzene rings is 1. The van der Waals surface area contributed by atoms with Gasteiger partial charge in [0.1, 0.15) is 17.6 Å². The van der Waals surface area contributed by atoms with E-state index in [4.69, 9.17) is 4.74 Å². The summed E-state index contributed by atoms with van der Waals surface area (Å²) in [6.07, 6.45) is 1.28. The van der Waals surface area contributed by atoms with Crippen molar-refractivity contribution in [2.75, 3.05) is 7.11 Å². The first-order valence-electron chi connectivity index (χ1n) is 7.01. The Kier molecular flexibility index (Phi) is 6.15. The van der Waals surface area contributed by atoms with Crippen LogP contribution in [0.4, 0.5) is 4.39 Å². The normalized spacial score (nSPS) is 13.0. The summed E-state index contributed by atoms with van der Waals surface area (Å²) < 4.78 is 18.7. The van der Waals surface area contributed by atoms with E-state index >= 15 is 0 Å². The lowest BCUT2D eigenvalue weighted by atomic mass is 9.88. The lowest BCUT2D eigenvalue weighted by molar-refractivity contribution is -0.139. The molecule has 0 saturated heterocycles. The summed E-state index contributed by atoms with van der Waals surface area (Å²) in [5.41, 5.74) is 0.465. The zero-order valence-corrected chi connectivity index (χ0v) is 13.1. The van der Waals surface area contributed by atoms with Crippen LogP contribution >= 0.6 is 0 Å². The van der Waals surface area contributed by atoms with Crippen LogP contribution in [0.1, 0.15) is 39.2 Å². The minimum absolute atomic E-state index is 0.0661. The van der Waals surface area contributed by atoms with E-state index in [1.807, 2.05) is 0 Å². The Balaban J connectivity index is 2.67. The van der Waals surface area contributed by atoms with Gasteiger partial charge >= 0.3 is 5.97 Å². The molecule has 0 bridgehead atoms. The van der Waals surface area contributed by atoms with Crippen LogP contribution in [0.25, 0.3) is 0 Å². The van der Waals surface area contributed by atoms with Crippen molar-refractivity contribution in [3.63, 3.8) is 0 Å². The van der Waals surface area contributed by atoms with Gasteiger partial charge in [-0.1, -0.05) is 20.8 Å². The van der Waals surface area contributed by atoms with Crippen LogP contribution in [-0.4, -0.2) is 24.2 Å².